The first-order chi connectivity index (χ1) is 17.7. The minimum atomic E-state index is -0.125. The molecule has 192 valence electrons. The summed E-state index contributed by atoms with van der Waals surface area (Å²) in [5.74, 6) is 1.48. The number of aromatic nitrogens is 2. The maximum Gasteiger partial charge on any atom is 0.328 e. The first kappa shape index (κ1) is 25.4. The fourth-order valence-corrected chi connectivity index (χ4v) is 5.36. The van der Waals surface area contributed by atoms with Crippen molar-refractivity contribution in [1.29, 1.82) is 0 Å². The van der Waals surface area contributed by atoms with Crippen molar-refractivity contribution in [1.82, 2.24) is 14.6 Å². The second kappa shape index (κ2) is 10.2. The Morgan fingerprint density at radius 2 is 1.92 bits per heavy atom. The van der Waals surface area contributed by atoms with Gasteiger partial charge >= 0.3 is 6.03 Å². The summed E-state index contributed by atoms with van der Waals surface area (Å²) in [5, 5.41) is 6.12. The number of carbonyl (C=O) groups is 2. The van der Waals surface area contributed by atoms with E-state index in [1.807, 2.05) is 38.1 Å². The molecule has 1 aliphatic heterocycles. The van der Waals surface area contributed by atoms with E-state index in [2.05, 4.69) is 5.16 Å². The summed E-state index contributed by atoms with van der Waals surface area (Å²) >= 11 is 12.9. The zero-order valence-corrected chi connectivity index (χ0v) is 22.3. The number of rotatable bonds is 6. The molecule has 0 radical (unpaired) electrons. The zero-order valence-electron chi connectivity index (χ0n) is 20.8. The van der Waals surface area contributed by atoms with E-state index in [4.69, 9.17) is 32.5 Å². The molecule has 3 heterocycles. The van der Waals surface area contributed by atoms with Crippen LogP contribution in [0.4, 0.5) is 4.79 Å². The average Bonchev–Trinajstić information content (AvgIpc) is 3.60. The monoisotopic (exact) mass is 539 g/mol. The van der Waals surface area contributed by atoms with E-state index in [0.717, 1.165) is 16.5 Å². The molecule has 5 rings (SSSR count). The van der Waals surface area contributed by atoms with Gasteiger partial charge in [0.05, 0.1) is 21.1 Å². The highest BCUT2D eigenvalue weighted by Gasteiger charge is 2.30. The largest absolute Gasteiger partial charge is 0.489 e. The standard InChI is InChI=1S/C28H27Cl2N3O4/c1-16(2)27-21(26(31-37-27)25-22(29)5-4-6-23(25)30)15-36-20-7-8-24-18(13-20)10-12-33(24)28(35)32-11-9-19(14-32)17(3)34/h4-8,10,12-13,16,19H,9,11,14-15H2,1-3H3/t19-/m0/s1. The summed E-state index contributed by atoms with van der Waals surface area (Å²) in [6.45, 7) is 6.88. The fourth-order valence-electron chi connectivity index (χ4n) is 4.79. The molecule has 0 spiro atoms. The van der Waals surface area contributed by atoms with E-state index >= 15 is 0 Å². The number of likely N-dealkylation sites (tertiary alicyclic amines) is 1. The van der Waals surface area contributed by atoms with Gasteiger partial charge in [0.25, 0.3) is 0 Å². The highest BCUT2D eigenvalue weighted by Crippen LogP contribution is 2.39. The molecule has 1 fully saturated rings. The van der Waals surface area contributed by atoms with Crippen LogP contribution in [0, 0.1) is 5.92 Å². The molecule has 9 heteroatoms. The van der Waals surface area contributed by atoms with Gasteiger partial charge in [-0.3, -0.25) is 9.36 Å². The van der Waals surface area contributed by atoms with Crippen molar-refractivity contribution in [3.8, 4) is 17.0 Å². The van der Waals surface area contributed by atoms with Crippen molar-refractivity contribution in [3.63, 3.8) is 0 Å². The highest BCUT2D eigenvalue weighted by molar-refractivity contribution is 6.39. The lowest BCUT2D eigenvalue weighted by Gasteiger charge is -2.17. The number of ether oxygens (including phenoxy) is 1. The second-order valence-corrected chi connectivity index (χ2v) is 10.5. The van der Waals surface area contributed by atoms with Gasteiger partial charge in [0.15, 0.2) is 0 Å². The fraction of sp³-hybridized carbons (Fsp3) is 0.321. The number of benzene rings is 2. The molecule has 1 amide bonds. The highest BCUT2D eigenvalue weighted by atomic mass is 35.5. The Labute approximate surface area is 224 Å². The lowest BCUT2D eigenvalue weighted by Crippen LogP contribution is -2.33. The predicted octanol–water partition coefficient (Wildman–Crippen LogP) is 7.18. The zero-order chi connectivity index (χ0) is 26.3. The average molecular weight is 540 g/mol. The van der Waals surface area contributed by atoms with Crippen molar-refractivity contribution in [3.05, 3.63) is 70.0 Å². The Hall–Kier alpha value is -3.29. The maximum absolute atomic E-state index is 13.1. The van der Waals surface area contributed by atoms with Crippen molar-refractivity contribution in [2.75, 3.05) is 13.1 Å². The van der Waals surface area contributed by atoms with Gasteiger partial charge in [-0.05, 0) is 49.7 Å². The SMILES string of the molecule is CC(=O)[C@H]1CCN(C(=O)n2ccc3cc(OCc4c(-c5c(Cl)cccc5Cl)noc4C(C)C)ccc32)C1. The molecular formula is C28H27Cl2N3O4. The van der Waals surface area contributed by atoms with Gasteiger partial charge in [0.1, 0.15) is 29.6 Å². The topological polar surface area (TPSA) is 77.6 Å². The Balaban J connectivity index is 1.38. The number of carbonyl (C=O) groups excluding carboxylic acids is 2. The van der Waals surface area contributed by atoms with E-state index in [9.17, 15) is 9.59 Å². The van der Waals surface area contributed by atoms with Crippen LogP contribution in [0.3, 0.4) is 0 Å². The number of fused-ring (bicyclic) bond motifs is 1. The number of Topliss-reactive ketones (excluding diaryl/α,β-unsaturated/α-hetero) is 1. The minimum Gasteiger partial charge on any atom is -0.489 e. The number of ketones is 1. The summed E-state index contributed by atoms with van der Waals surface area (Å²) in [5.41, 5.74) is 2.73. The van der Waals surface area contributed by atoms with Crippen molar-refractivity contribution >= 4 is 45.9 Å². The second-order valence-electron chi connectivity index (χ2n) is 9.65. The Morgan fingerprint density at radius 3 is 2.59 bits per heavy atom. The third kappa shape index (κ3) is 4.86. The molecule has 0 bridgehead atoms. The molecule has 2 aromatic carbocycles. The summed E-state index contributed by atoms with van der Waals surface area (Å²) in [7, 11) is 0. The summed E-state index contributed by atoms with van der Waals surface area (Å²) < 4.78 is 13.5. The molecule has 0 unspecified atom stereocenters. The molecule has 4 aromatic rings. The molecular weight excluding hydrogens is 513 g/mol. The van der Waals surface area contributed by atoms with Gasteiger partial charge in [0.2, 0.25) is 0 Å². The Bertz CT molecular complexity index is 1470. The van der Waals surface area contributed by atoms with E-state index < -0.39 is 0 Å². The van der Waals surface area contributed by atoms with Gasteiger partial charge in [-0.2, -0.15) is 0 Å². The maximum atomic E-state index is 13.1. The molecule has 0 aliphatic carbocycles. The van der Waals surface area contributed by atoms with Crippen molar-refractivity contribution in [2.45, 2.75) is 39.7 Å². The number of hydrogen-bond donors (Lipinski definition) is 0. The molecule has 2 aromatic heterocycles. The van der Waals surface area contributed by atoms with E-state index in [0.29, 0.717) is 52.3 Å². The van der Waals surface area contributed by atoms with Crippen LogP contribution < -0.4 is 4.74 Å². The van der Waals surface area contributed by atoms with Gasteiger partial charge in [-0.15, -0.1) is 0 Å². The lowest BCUT2D eigenvalue weighted by atomic mass is 10.0. The van der Waals surface area contributed by atoms with Gasteiger partial charge < -0.3 is 14.2 Å². The molecule has 1 atom stereocenters. The first-order valence-electron chi connectivity index (χ1n) is 12.2. The Kier molecular flexibility index (Phi) is 7.01. The minimum absolute atomic E-state index is 0.0792. The van der Waals surface area contributed by atoms with Crippen LogP contribution in [-0.2, 0) is 11.4 Å². The number of hydrogen-bond acceptors (Lipinski definition) is 5. The lowest BCUT2D eigenvalue weighted by molar-refractivity contribution is -0.120. The van der Waals surface area contributed by atoms with Crippen LogP contribution >= 0.6 is 23.2 Å². The summed E-state index contributed by atoms with van der Waals surface area (Å²) in [6, 6.07) is 12.7. The molecule has 1 saturated heterocycles. The third-order valence-electron chi connectivity index (χ3n) is 6.83. The van der Waals surface area contributed by atoms with E-state index in [1.54, 1.807) is 40.8 Å². The van der Waals surface area contributed by atoms with Gasteiger partial charge in [-0.1, -0.05) is 48.3 Å². The van der Waals surface area contributed by atoms with E-state index in [-0.39, 0.29) is 30.3 Å². The third-order valence-corrected chi connectivity index (χ3v) is 7.46. The summed E-state index contributed by atoms with van der Waals surface area (Å²) in [4.78, 5) is 26.5. The van der Waals surface area contributed by atoms with Crippen LogP contribution in [0.5, 0.6) is 5.75 Å². The Morgan fingerprint density at radius 1 is 1.16 bits per heavy atom. The quantitative estimate of drug-likeness (QED) is 0.259. The number of halogens is 2. The number of nitrogens with zero attached hydrogens (tertiary/aromatic N) is 3. The predicted molar refractivity (Wildman–Crippen MR) is 143 cm³/mol. The van der Waals surface area contributed by atoms with Gasteiger partial charge in [-0.25, -0.2) is 4.79 Å². The molecule has 37 heavy (non-hydrogen) atoms. The first-order valence-corrected chi connectivity index (χ1v) is 13.0. The molecule has 0 N–H and O–H groups in total. The molecule has 0 saturated carbocycles. The molecule has 7 nitrogen and oxygen atoms in total. The molecule has 1 aliphatic rings. The normalized spacial score (nSPS) is 15.6. The van der Waals surface area contributed by atoms with Crippen LogP contribution in [0.15, 0.2) is 53.2 Å². The van der Waals surface area contributed by atoms with Crippen LogP contribution in [0.2, 0.25) is 10.0 Å². The van der Waals surface area contributed by atoms with Crippen molar-refractivity contribution in [2.24, 2.45) is 5.92 Å². The van der Waals surface area contributed by atoms with Crippen molar-refractivity contribution < 1.29 is 18.8 Å². The number of amides is 1. The van der Waals surface area contributed by atoms with Crippen LogP contribution in [-0.4, -0.2) is 39.5 Å². The van der Waals surface area contributed by atoms with Crippen LogP contribution in [0.25, 0.3) is 22.2 Å². The van der Waals surface area contributed by atoms with Crippen LogP contribution in [0.1, 0.15) is 44.4 Å². The summed E-state index contributed by atoms with van der Waals surface area (Å²) in [6.07, 6.45) is 2.47. The van der Waals surface area contributed by atoms with Gasteiger partial charge in [0, 0.05) is 42.1 Å². The smallest absolute Gasteiger partial charge is 0.328 e. The van der Waals surface area contributed by atoms with E-state index in [1.165, 1.54) is 0 Å².